The van der Waals surface area contributed by atoms with Gasteiger partial charge in [0.1, 0.15) is 6.29 Å². The van der Waals surface area contributed by atoms with Gasteiger partial charge in [-0.15, -0.1) is 0 Å². The minimum absolute atomic E-state index is 0.149. The zero-order valence-electron chi connectivity index (χ0n) is 12.5. The van der Waals surface area contributed by atoms with E-state index in [2.05, 4.69) is 20.1 Å². The molecule has 2 saturated heterocycles. The number of aldehydes is 1. The summed E-state index contributed by atoms with van der Waals surface area (Å²) in [5.41, 5.74) is 2.38. The van der Waals surface area contributed by atoms with E-state index in [1.807, 2.05) is 0 Å². The molecule has 0 bridgehead atoms. The van der Waals surface area contributed by atoms with Gasteiger partial charge in [-0.2, -0.15) is 0 Å². The highest BCUT2D eigenvalue weighted by molar-refractivity contribution is 5.49. The van der Waals surface area contributed by atoms with Gasteiger partial charge in [-0.3, -0.25) is 0 Å². The maximum atomic E-state index is 10.4. The molecule has 2 unspecified atom stereocenters. The molecule has 112 valence electrons. The van der Waals surface area contributed by atoms with Crippen molar-refractivity contribution in [3.63, 3.8) is 0 Å². The van der Waals surface area contributed by atoms with E-state index in [1.54, 1.807) is 0 Å². The van der Waals surface area contributed by atoms with Crippen LogP contribution in [0.4, 0.5) is 0 Å². The summed E-state index contributed by atoms with van der Waals surface area (Å²) in [6.45, 7) is 11.1. The predicted molar refractivity (Wildman–Crippen MR) is 79.6 cm³/mol. The fourth-order valence-electron chi connectivity index (χ4n) is 3.03. The van der Waals surface area contributed by atoms with Gasteiger partial charge in [0.15, 0.2) is 0 Å². The number of carbonyl (C=O) groups is 1. The molecule has 20 heavy (non-hydrogen) atoms. The molecule has 0 radical (unpaired) electrons. The van der Waals surface area contributed by atoms with Crippen LogP contribution in [0.5, 0.6) is 0 Å². The van der Waals surface area contributed by atoms with E-state index in [1.165, 1.54) is 11.1 Å². The molecule has 0 amide bonds. The standard InChI is InChI=1S/C17H26O3/c1-12-9-15(19-11-14(12)3)6-7-17-13(2)10-16(20-17)5-4-8-18/h8,12,15-17H,2-7,9-11H2,1H3/t12-,15+,16?,17?/m1/s1. The molecular weight excluding hydrogens is 252 g/mol. The fourth-order valence-corrected chi connectivity index (χ4v) is 3.03. The second-order valence-electron chi connectivity index (χ2n) is 6.16. The Bertz CT molecular complexity index is 374. The lowest BCUT2D eigenvalue weighted by atomic mass is 9.91. The van der Waals surface area contributed by atoms with E-state index >= 15 is 0 Å². The molecule has 0 spiro atoms. The topological polar surface area (TPSA) is 35.5 Å². The highest BCUT2D eigenvalue weighted by Gasteiger charge is 2.30. The third kappa shape index (κ3) is 4.03. The van der Waals surface area contributed by atoms with E-state index in [9.17, 15) is 4.79 Å². The molecule has 2 fully saturated rings. The van der Waals surface area contributed by atoms with E-state index < -0.39 is 0 Å². The summed E-state index contributed by atoms with van der Waals surface area (Å²) < 4.78 is 11.8. The van der Waals surface area contributed by atoms with Crippen LogP contribution in [-0.2, 0) is 14.3 Å². The molecular formula is C17H26O3. The summed E-state index contributed by atoms with van der Waals surface area (Å²) in [5.74, 6) is 0.557. The Morgan fingerprint density at radius 3 is 2.70 bits per heavy atom. The minimum Gasteiger partial charge on any atom is -0.374 e. The Morgan fingerprint density at radius 2 is 2.00 bits per heavy atom. The van der Waals surface area contributed by atoms with E-state index in [-0.39, 0.29) is 12.2 Å². The number of carbonyl (C=O) groups excluding carboxylic acids is 1. The molecule has 2 aliphatic heterocycles. The summed E-state index contributed by atoms with van der Waals surface area (Å²) in [7, 11) is 0. The summed E-state index contributed by atoms with van der Waals surface area (Å²) in [6, 6.07) is 0. The lowest BCUT2D eigenvalue weighted by Gasteiger charge is -2.30. The average Bonchev–Trinajstić information content (AvgIpc) is 2.78. The Labute approximate surface area is 122 Å². The fraction of sp³-hybridized carbons (Fsp3) is 0.706. The highest BCUT2D eigenvalue weighted by atomic mass is 16.5. The Hall–Kier alpha value is -0.930. The maximum Gasteiger partial charge on any atom is 0.120 e. The number of hydrogen-bond donors (Lipinski definition) is 0. The molecule has 0 aromatic carbocycles. The first kappa shape index (κ1) is 15.5. The van der Waals surface area contributed by atoms with Crippen LogP contribution in [0, 0.1) is 5.92 Å². The van der Waals surface area contributed by atoms with Crippen molar-refractivity contribution >= 4 is 6.29 Å². The molecule has 2 heterocycles. The van der Waals surface area contributed by atoms with Gasteiger partial charge < -0.3 is 14.3 Å². The summed E-state index contributed by atoms with van der Waals surface area (Å²) in [5, 5.41) is 0. The Morgan fingerprint density at radius 1 is 1.20 bits per heavy atom. The zero-order chi connectivity index (χ0) is 14.5. The third-order valence-electron chi connectivity index (χ3n) is 4.48. The molecule has 0 N–H and O–H groups in total. The SMILES string of the molecule is C=C1CC(CCC=O)OC1CC[C@H]1C[C@@H](C)C(=C)CO1. The predicted octanol–water partition coefficient (Wildman–Crippen LogP) is 3.44. The van der Waals surface area contributed by atoms with Crippen LogP contribution in [0.2, 0.25) is 0 Å². The molecule has 2 rings (SSSR count). The third-order valence-corrected chi connectivity index (χ3v) is 4.48. The second-order valence-corrected chi connectivity index (χ2v) is 6.16. The van der Waals surface area contributed by atoms with E-state index in [0.29, 0.717) is 25.0 Å². The van der Waals surface area contributed by atoms with Crippen LogP contribution >= 0.6 is 0 Å². The van der Waals surface area contributed by atoms with E-state index in [4.69, 9.17) is 9.47 Å². The van der Waals surface area contributed by atoms with Crippen molar-refractivity contribution in [3.05, 3.63) is 24.3 Å². The van der Waals surface area contributed by atoms with Crippen molar-refractivity contribution in [2.45, 2.75) is 63.8 Å². The maximum absolute atomic E-state index is 10.4. The largest absolute Gasteiger partial charge is 0.374 e. The van der Waals surface area contributed by atoms with Crippen LogP contribution in [-0.4, -0.2) is 31.2 Å². The molecule has 0 saturated carbocycles. The van der Waals surface area contributed by atoms with Gasteiger partial charge in [-0.25, -0.2) is 0 Å². The normalized spacial score (nSPS) is 34.5. The molecule has 3 nitrogen and oxygen atoms in total. The molecule has 4 atom stereocenters. The first-order chi connectivity index (χ1) is 9.60. The zero-order valence-corrected chi connectivity index (χ0v) is 12.5. The number of ether oxygens (including phenoxy) is 2. The number of hydrogen-bond acceptors (Lipinski definition) is 3. The first-order valence-electron chi connectivity index (χ1n) is 7.66. The first-order valence-corrected chi connectivity index (χ1v) is 7.66. The summed E-state index contributed by atoms with van der Waals surface area (Å²) in [6.07, 6.45) is 6.96. The van der Waals surface area contributed by atoms with Crippen molar-refractivity contribution < 1.29 is 14.3 Å². The molecule has 2 aliphatic rings. The van der Waals surface area contributed by atoms with Crippen molar-refractivity contribution in [2.75, 3.05) is 6.61 Å². The summed E-state index contributed by atoms with van der Waals surface area (Å²) in [4.78, 5) is 10.4. The Balaban J connectivity index is 1.72. The van der Waals surface area contributed by atoms with Gasteiger partial charge in [0.05, 0.1) is 24.9 Å². The van der Waals surface area contributed by atoms with Crippen molar-refractivity contribution in [3.8, 4) is 0 Å². The molecule has 0 aromatic rings. The molecule has 3 heteroatoms. The van der Waals surface area contributed by atoms with Crippen molar-refractivity contribution in [1.29, 1.82) is 0 Å². The van der Waals surface area contributed by atoms with Gasteiger partial charge in [-0.05, 0) is 49.2 Å². The van der Waals surface area contributed by atoms with E-state index in [0.717, 1.165) is 38.4 Å². The highest BCUT2D eigenvalue weighted by Crippen LogP contribution is 2.32. The van der Waals surface area contributed by atoms with Crippen molar-refractivity contribution in [1.82, 2.24) is 0 Å². The lowest BCUT2D eigenvalue weighted by Crippen LogP contribution is -2.27. The number of rotatable bonds is 6. The van der Waals surface area contributed by atoms with Gasteiger partial charge in [0.2, 0.25) is 0 Å². The molecule has 0 aliphatic carbocycles. The lowest BCUT2D eigenvalue weighted by molar-refractivity contribution is -0.108. The van der Waals surface area contributed by atoms with Crippen LogP contribution in [0.1, 0.15) is 45.4 Å². The second kappa shape index (κ2) is 7.19. The quantitative estimate of drug-likeness (QED) is 0.551. The van der Waals surface area contributed by atoms with Gasteiger partial charge in [-0.1, -0.05) is 20.1 Å². The van der Waals surface area contributed by atoms with Crippen molar-refractivity contribution in [2.24, 2.45) is 5.92 Å². The summed E-state index contributed by atoms with van der Waals surface area (Å²) >= 11 is 0. The van der Waals surface area contributed by atoms with Crippen LogP contribution in [0.25, 0.3) is 0 Å². The molecule has 0 aromatic heterocycles. The van der Waals surface area contributed by atoms with Gasteiger partial charge in [0, 0.05) is 6.42 Å². The van der Waals surface area contributed by atoms with Gasteiger partial charge in [0.25, 0.3) is 0 Å². The minimum atomic E-state index is 0.149. The van der Waals surface area contributed by atoms with Crippen LogP contribution < -0.4 is 0 Å². The smallest absolute Gasteiger partial charge is 0.120 e. The van der Waals surface area contributed by atoms with Gasteiger partial charge >= 0.3 is 0 Å². The monoisotopic (exact) mass is 278 g/mol. The Kier molecular flexibility index (Phi) is 5.55. The van der Waals surface area contributed by atoms with Crippen LogP contribution in [0.3, 0.4) is 0 Å². The average molecular weight is 278 g/mol. The van der Waals surface area contributed by atoms with Crippen LogP contribution in [0.15, 0.2) is 24.3 Å².